The number of carboxylic acid groups (broad SMARTS) is 1. The van der Waals surface area contributed by atoms with Crippen molar-refractivity contribution in [3.8, 4) is 0 Å². The maximum atomic E-state index is 11.3. The summed E-state index contributed by atoms with van der Waals surface area (Å²) in [6.07, 6.45) is 4.58. The van der Waals surface area contributed by atoms with E-state index in [0.29, 0.717) is 0 Å². The molecule has 0 aromatic heterocycles. The van der Waals surface area contributed by atoms with Crippen molar-refractivity contribution in [2.75, 3.05) is 13.6 Å². The highest BCUT2D eigenvalue weighted by molar-refractivity contribution is 5.82. The Labute approximate surface area is 145 Å². The molecule has 1 atom stereocenters. The molecular formula is C21H29NO2. The number of carboxylic acids is 1. The second kappa shape index (κ2) is 9.43. The summed E-state index contributed by atoms with van der Waals surface area (Å²) in [5.74, 6) is -0.820. The van der Waals surface area contributed by atoms with Crippen molar-refractivity contribution in [3.05, 3.63) is 48.0 Å². The van der Waals surface area contributed by atoms with E-state index in [2.05, 4.69) is 61.3 Å². The lowest BCUT2D eigenvalue weighted by atomic mass is 9.97. The van der Waals surface area contributed by atoms with E-state index in [1.54, 1.807) is 0 Å². The molecule has 0 saturated carbocycles. The van der Waals surface area contributed by atoms with E-state index in [9.17, 15) is 9.90 Å². The van der Waals surface area contributed by atoms with Crippen LogP contribution in [0, 0.1) is 5.92 Å². The Kier molecular flexibility index (Phi) is 7.26. The molecule has 0 bridgehead atoms. The van der Waals surface area contributed by atoms with Crippen LogP contribution >= 0.6 is 0 Å². The van der Waals surface area contributed by atoms with Crippen LogP contribution < -0.4 is 0 Å². The fourth-order valence-electron chi connectivity index (χ4n) is 3.18. The first-order chi connectivity index (χ1) is 11.6. The van der Waals surface area contributed by atoms with Gasteiger partial charge in [0.2, 0.25) is 0 Å². The number of carbonyl (C=O) groups is 1. The molecule has 130 valence electrons. The van der Waals surface area contributed by atoms with Crippen LogP contribution in [0.2, 0.25) is 0 Å². The third-order valence-electron chi connectivity index (χ3n) is 4.61. The van der Waals surface area contributed by atoms with Gasteiger partial charge in [-0.1, -0.05) is 56.2 Å². The zero-order valence-corrected chi connectivity index (χ0v) is 14.9. The first-order valence-corrected chi connectivity index (χ1v) is 8.99. The molecule has 0 aliphatic rings. The second-order valence-electron chi connectivity index (χ2n) is 6.74. The lowest BCUT2D eigenvalue weighted by molar-refractivity contribution is -0.142. The van der Waals surface area contributed by atoms with Gasteiger partial charge < -0.3 is 10.0 Å². The van der Waals surface area contributed by atoms with Gasteiger partial charge in [-0.3, -0.25) is 4.79 Å². The Morgan fingerprint density at radius 1 is 1.08 bits per heavy atom. The summed E-state index contributed by atoms with van der Waals surface area (Å²) in [5, 5.41) is 11.8. The van der Waals surface area contributed by atoms with Crippen LogP contribution in [0.25, 0.3) is 10.8 Å². The average Bonchev–Trinajstić information content (AvgIpc) is 2.57. The molecule has 2 aromatic rings. The van der Waals surface area contributed by atoms with Crippen molar-refractivity contribution >= 4 is 16.7 Å². The highest BCUT2D eigenvalue weighted by atomic mass is 16.4. The van der Waals surface area contributed by atoms with Crippen LogP contribution in [0.1, 0.15) is 44.6 Å². The van der Waals surface area contributed by atoms with Crippen LogP contribution in [-0.2, 0) is 11.3 Å². The zero-order chi connectivity index (χ0) is 17.4. The fraction of sp³-hybridized carbons (Fsp3) is 0.476. The van der Waals surface area contributed by atoms with E-state index in [4.69, 9.17) is 0 Å². The number of hydrogen-bond donors (Lipinski definition) is 1. The van der Waals surface area contributed by atoms with Gasteiger partial charge in [-0.2, -0.15) is 0 Å². The molecule has 0 amide bonds. The predicted molar refractivity (Wildman–Crippen MR) is 100 cm³/mol. The van der Waals surface area contributed by atoms with Gasteiger partial charge in [0.1, 0.15) is 0 Å². The number of fused-ring (bicyclic) bond motifs is 1. The van der Waals surface area contributed by atoms with Gasteiger partial charge in [0.25, 0.3) is 0 Å². The molecule has 0 fully saturated rings. The Bertz CT molecular complexity index is 653. The summed E-state index contributed by atoms with van der Waals surface area (Å²) in [7, 11) is 2.11. The van der Waals surface area contributed by atoms with Crippen LogP contribution in [-0.4, -0.2) is 29.6 Å². The average molecular weight is 327 g/mol. The van der Waals surface area contributed by atoms with Crippen LogP contribution in [0.4, 0.5) is 0 Å². The lowest BCUT2D eigenvalue weighted by Gasteiger charge is -2.18. The first kappa shape index (κ1) is 18.5. The molecule has 3 nitrogen and oxygen atoms in total. The summed E-state index contributed by atoms with van der Waals surface area (Å²) < 4.78 is 0. The topological polar surface area (TPSA) is 40.5 Å². The highest BCUT2D eigenvalue weighted by Gasteiger charge is 2.16. The maximum absolute atomic E-state index is 11.3. The highest BCUT2D eigenvalue weighted by Crippen LogP contribution is 2.18. The monoisotopic (exact) mass is 327 g/mol. The largest absolute Gasteiger partial charge is 0.481 e. The van der Waals surface area contributed by atoms with Crippen molar-refractivity contribution in [2.24, 2.45) is 5.92 Å². The minimum absolute atomic E-state index is 0.181. The van der Waals surface area contributed by atoms with Crippen molar-refractivity contribution in [2.45, 2.75) is 45.6 Å². The molecule has 0 radical (unpaired) electrons. The minimum Gasteiger partial charge on any atom is -0.481 e. The molecule has 1 unspecified atom stereocenters. The third kappa shape index (κ3) is 5.64. The van der Waals surface area contributed by atoms with Gasteiger partial charge >= 0.3 is 5.97 Å². The number of hydrogen-bond acceptors (Lipinski definition) is 2. The van der Waals surface area contributed by atoms with Crippen LogP contribution in [0.15, 0.2) is 42.5 Å². The van der Waals surface area contributed by atoms with E-state index in [-0.39, 0.29) is 5.92 Å². The van der Waals surface area contributed by atoms with Gasteiger partial charge in [-0.15, -0.1) is 0 Å². The minimum atomic E-state index is -0.638. The van der Waals surface area contributed by atoms with E-state index in [1.807, 2.05) is 0 Å². The maximum Gasteiger partial charge on any atom is 0.306 e. The Morgan fingerprint density at radius 2 is 1.79 bits per heavy atom. The molecular weight excluding hydrogens is 298 g/mol. The molecule has 2 rings (SSSR count). The van der Waals surface area contributed by atoms with E-state index in [0.717, 1.165) is 45.2 Å². The Morgan fingerprint density at radius 3 is 2.50 bits per heavy atom. The summed E-state index contributed by atoms with van der Waals surface area (Å²) in [4.78, 5) is 13.6. The number of unbranched alkanes of at least 4 members (excludes halogenated alkanes) is 1. The number of rotatable bonds is 10. The van der Waals surface area contributed by atoms with E-state index < -0.39 is 5.97 Å². The number of aliphatic carboxylic acids is 1. The summed E-state index contributed by atoms with van der Waals surface area (Å²) in [5.41, 5.74) is 1.30. The van der Waals surface area contributed by atoms with Gasteiger partial charge in [-0.05, 0) is 55.3 Å². The zero-order valence-electron chi connectivity index (χ0n) is 14.9. The molecule has 2 aromatic carbocycles. The molecule has 0 saturated heterocycles. The van der Waals surface area contributed by atoms with E-state index >= 15 is 0 Å². The van der Waals surface area contributed by atoms with Crippen molar-refractivity contribution in [1.29, 1.82) is 0 Å². The second-order valence-corrected chi connectivity index (χ2v) is 6.74. The fourth-order valence-corrected chi connectivity index (χ4v) is 3.18. The normalized spacial score (nSPS) is 12.6. The molecule has 24 heavy (non-hydrogen) atoms. The molecule has 0 aliphatic carbocycles. The predicted octanol–water partition coefficient (Wildman–Crippen LogP) is 4.94. The quantitative estimate of drug-likeness (QED) is 0.672. The molecule has 3 heteroatoms. The third-order valence-corrected chi connectivity index (χ3v) is 4.61. The van der Waals surface area contributed by atoms with Crippen LogP contribution in [0.3, 0.4) is 0 Å². The number of nitrogens with zero attached hydrogens (tertiary/aromatic N) is 1. The summed E-state index contributed by atoms with van der Waals surface area (Å²) >= 11 is 0. The smallest absolute Gasteiger partial charge is 0.306 e. The molecule has 1 N–H and O–H groups in total. The van der Waals surface area contributed by atoms with Crippen molar-refractivity contribution in [1.82, 2.24) is 4.90 Å². The molecule has 0 aliphatic heterocycles. The van der Waals surface area contributed by atoms with Crippen LogP contribution in [0.5, 0.6) is 0 Å². The van der Waals surface area contributed by atoms with E-state index in [1.165, 1.54) is 16.3 Å². The Hall–Kier alpha value is -1.87. The number of benzene rings is 2. The van der Waals surface area contributed by atoms with Crippen molar-refractivity contribution in [3.63, 3.8) is 0 Å². The van der Waals surface area contributed by atoms with Gasteiger partial charge in [-0.25, -0.2) is 0 Å². The standard InChI is InChI=1S/C21H29NO2/c1-3-4-8-19(21(23)24)11-7-14-22(2)16-17-12-13-18-9-5-6-10-20(18)15-17/h5-6,9-10,12-13,15,19H,3-4,7-8,11,14,16H2,1-2H3,(H,23,24). The summed E-state index contributed by atoms with van der Waals surface area (Å²) in [6, 6.07) is 15.0. The first-order valence-electron chi connectivity index (χ1n) is 8.99. The molecule has 0 heterocycles. The van der Waals surface area contributed by atoms with Gasteiger partial charge in [0.05, 0.1) is 5.92 Å². The van der Waals surface area contributed by atoms with Crippen molar-refractivity contribution < 1.29 is 9.90 Å². The SMILES string of the molecule is CCCCC(CCCN(C)Cc1ccc2ccccc2c1)C(=O)O. The Balaban J connectivity index is 1.81. The lowest BCUT2D eigenvalue weighted by Crippen LogP contribution is -2.21. The molecule has 0 spiro atoms. The summed E-state index contributed by atoms with van der Waals surface area (Å²) in [6.45, 7) is 3.94. The van der Waals surface area contributed by atoms with Gasteiger partial charge in [0, 0.05) is 6.54 Å². The van der Waals surface area contributed by atoms with Gasteiger partial charge in [0.15, 0.2) is 0 Å².